The SMILES string of the molecule is CCCCCCCCCCCCCCCCOCC(COC(=O)c1cccc(C[n+]2ccncc2)c1)OC.[Br-]. The summed E-state index contributed by atoms with van der Waals surface area (Å²) in [5, 5.41) is 0. The molecule has 0 aliphatic heterocycles. The number of ether oxygens (including phenoxy) is 3. The van der Waals surface area contributed by atoms with Gasteiger partial charge in [-0.2, -0.15) is 4.57 Å². The zero-order valence-corrected chi connectivity index (χ0v) is 25.9. The Morgan fingerprint density at radius 2 is 1.44 bits per heavy atom. The van der Waals surface area contributed by atoms with Crippen molar-refractivity contribution in [2.45, 2.75) is 109 Å². The summed E-state index contributed by atoms with van der Waals surface area (Å²) in [5.74, 6) is -0.347. The number of aromatic nitrogens is 2. The van der Waals surface area contributed by atoms with E-state index < -0.39 is 0 Å². The molecule has 2 rings (SSSR count). The van der Waals surface area contributed by atoms with Crippen molar-refractivity contribution >= 4 is 5.97 Å². The highest BCUT2D eigenvalue weighted by atomic mass is 79.9. The second-order valence-electron chi connectivity index (χ2n) is 10.2. The smallest absolute Gasteiger partial charge is 0.338 e. The largest absolute Gasteiger partial charge is 1.00 e. The molecule has 0 bridgehead atoms. The Labute approximate surface area is 247 Å². The van der Waals surface area contributed by atoms with E-state index >= 15 is 0 Å². The first kappa shape index (κ1) is 35.2. The third kappa shape index (κ3) is 17.5. The van der Waals surface area contributed by atoms with Gasteiger partial charge in [0.15, 0.2) is 18.9 Å². The standard InChI is InChI=1S/C32H51N2O4.BrH/c1-3-4-5-6-7-8-9-10-11-12-13-14-15-16-24-37-27-31(36-2)28-38-32(35)30-19-17-18-29(25-30)26-34-22-20-33-21-23-34;/h17-23,25,31H,3-16,24,26-28H2,1-2H3;1H/q+1;/p-1. The highest BCUT2D eigenvalue weighted by Crippen LogP contribution is 2.13. The van der Waals surface area contributed by atoms with Crippen LogP contribution in [0.2, 0.25) is 0 Å². The molecule has 220 valence electrons. The molecule has 1 atom stereocenters. The quantitative estimate of drug-likeness (QED) is 0.108. The monoisotopic (exact) mass is 606 g/mol. The first-order chi connectivity index (χ1) is 18.7. The van der Waals surface area contributed by atoms with E-state index in [0.29, 0.717) is 18.7 Å². The van der Waals surface area contributed by atoms with E-state index in [1.54, 1.807) is 25.6 Å². The molecule has 0 amide bonds. The predicted octanol–water partition coefficient (Wildman–Crippen LogP) is 4.09. The summed E-state index contributed by atoms with van der Waals surface area (Å²) < 4.78 is 18.8. The summed E-state index contributed by atoms with van der Waals surface area (Å²) in [5.41, 5.74) is 1.56. The van der Waals surface area contributed by atoms with Crippen molar-refractivity contribution in [2.75, 3.05) is 26.9 Å². The summed E-state index contributed by atoms with van der Waals surface area (Å²) in [6, 6.07) is 7.51. The number of nitrogens with zero attached hydrogens (tertiary/aromatic N) is 2. The van der Waals surface area contributed by atoms with Gasteiger partial charge in [0.25, 0.3) is 0 Å². The number of hydrogen-bond acceptors (Lipinski definition) is 5. The van der Waals surface area contributed by atoms with Crippen LogP contribution in [0.5, 0.6) is 0 Å². The molecule has 1 aromatic carbocycles. The van der Waals surface area contributed by atoms with Crippen LogP contribution >= 0.6 is 0 Å². The Morgan fingerprint density at radius 3 is 2.03 bits per heavy atom. The van der Waals surface area contributed by atoms with E-state index in [1.165, 1.54) is 83.5 Å². The van der Waals surface area contributed by atoms with Crippen LogP contribution in [0.15, 0.2) is 49.1 Å². The van der Waals surface area contributed by atoms with Crippen molar-refractivity contribution in [3.8, 4) is 0 Å². The summed E-state index contributed by atoms with van der Waals surface area (Å²) >= 11 is 0. The van der Waals surface area contributed by atoms with Crippen LogP contribution in [0, 0.1) is 0 Å². The summed E-state index contributed by atoms with van der Waals surface area (Å²) in [6.45, 7) is 4.27. The summed E-state index contributed by atoms with van der Waals surface area (Å²) in [4.78, 5) is 16.6. The molecular formula is C32H51BrN2O4. The minimum Gasteiger partial charge on any atom is -1.00 e. The van der Waals surface area contributed by atoms with Crippen LogP contribution in [0.25, 0.3) is 0 Å². The number of carbonyl (C=O) groups excluding carboxylic acids is 1. The fraction of sp³-hybridized carbons (Fsp3) is 0.656. The van der Waals surface area contributed by atoms with E-state index in [2.05, 4.69) is 11.9 Å². The number of benzene rings is 1. The van der Waals surface area contributed by atoms with Crippen molar-refractivity contribution in [3.05, 3.63) is 60.2 Å². The lowest BCUT2D eigenvalue weighted by Crippen LogP contribution is -3.00. The molecule has 0 aliphatic rings. The van der Waals surface area contributed by atoms with Crippen LogP contribution < -0.4 is 21.5 Å². The number of esters is 1. The van der Waals surface area contributed by atoms with Crippen LogP contribution in [-0.4, -0.2) is 44.0 Å². The molecule has 1 unspecified atom stereocenters. The van der Waals surface area contributed by atoms with Gasteiger partial charge in [-0.25, -0.2) is 4.79 Å². The summed E-state index contributed by atoms with van der Waals surface area (Å²) in [7, 11) is 1.63. The highest BCUT2D eigenvalue weighted by Gasteiger charge is 2.14. The van der Waals surface area contributed by atoms with Gasteiger partial charge in [-0.3, -0.25) is 4.98 Å². The number of methoxy groups -OCH3 is 1. The molecule has 0 N–H and O–H groups in total. The van der Waals surface area contributed by atoms with Crippen molar-refractivity contribution in [3.63, 3.8) is 0 Å². The van der Waals surface area contributed by atoms with Gasteiger partial charge in [0, 0.05) is 19.3 Å². The number of halogens is 1. The lowest BCUT2D eigenvalue weighted by Gasteiger charge is -2.16. The molecule has 1 aromatic heterocycles. The molecule has 2 aromatic rings. The molecule has 0 spiro atoms. The van der Waals surface area contributed by atoms with Gasteiger partial charge in [-0.1, -0.05) is 103 Å². The maximum absolute atomic E-state index is 12.6. The highest BCUT2D eigenvalue weighted by molar-refractivity contribution is 5.89. The lowest BCUT2D eigenvalue weighted by atomic mass is 10.0. The molecule has 7 heteroatoms. The molecule has 6 nitrogen and oxygen atoms in total. The Balaban J connectivity index is 0.00000760. The van der Waals surface area contributed by atoms with E-state index in [-0.39, 0.29) is 35.7 Å². The average molecular weight is 608 g/mol. The molecule has 0 radical (unpaired) electrons. The van der Waals surface area contributed by atoms with Crippen LogP contribution in [-0.2, 0) is 20.8 Å². The van der Waals surface area contributed by atoms with E-state index in [4.69, 9.17) is 14.2 Å². The molecule has 1 heterocycles. The van der Waals surface area contributed by atoms with Crippen molar-refractivity contribution in [1.82, 2.24) is 4.98 Å². The Bertz CT molecular complexity index is 853. The van der Waals surface area contributed by atoms with E-state index in [1.807, 2.05) is 35.2 Å². The van der Waals surface area contributed by atoms with Gasteiger partial charge in [0.1, 0.15) is 12.7 Å². The van der Waals surface area contributed by atoms with Crippen LogP contribution in [0.1, 0.15) is 113 Å². The van der Waals surface area contributed by atoms with Crippen molar-refractivity contribution in [1.29, 1.82) is 0 Å². The number of carbonyl (C=O) groups is 1. The maximum Gasteiger partial charge on any atom is 0.338 e. The van der Waals surface area contributed by atoms with Crippen molar-refractivity contribution < 1.29 is 40.6 Å². The molecule has 0 saturated heterocycles. The Hall–Kier alpha value is -1.83. The van der Waals surface area contributed by atoms with Crippen LogP contribution in [0.3, 0.4) is 0 Å². The minimum absolute atomic E-state index is 0. The fourth-order valence-corrected chi connectivity index (χ4v) is 4.51. The minimum atomic E-state index is -0.347. The second kappa shape index (κ2) is 24.0. The van der Waals surface area contributed by atoms with Gasteiger partial charge in [0.05, 0.1) is 24.6 Å². The third-order valence-electron chi connectivity index (χ3n) is 6.90. The van der Waals surface area contributed by atoms with Gasteiger partial charge >= 0.3 is 5.97 Å². The van der Waals surface area contributed by atoms with Gasteiger partial charge in [-0.15, -0.1) is 0 Å². The maximum atomic E-state index is 12.6. The molecular weight excluding hydrogens is 556 g/mol. The first-order valence-electron chi connectivity index (χ1n) is 14.9. The normalized spacial score (nSPS) is 11.6. The Morgan fingerprint density at radius 1 is 0.846 bits per heavy atom. The first-order valence-corrected chi connectivity index (χ1v) is 14.9. The van der Waals surface area contributed by atoms with Crippen LogP contribution in [0.4, 0.5) is 0 Å². The number of rotatable bonds is 23. The molecule has 0 aliphatic carbocycles. The number of unbranched alkanes of at least 4 members (excludes halogenated alkanes) is 13. The second-order valence-corrected chi connectivity index (χ2v) is 10.2. The van der Waals surface area contributed by atoms with Gasteiger partial charge in [-0.05, 0) is 18.6 Å². The fourth-order valence-electron chi connectivity index (χ4n) is 4.51. The Kier molecular flexibility index (Phi) is 21.7. The number of hydrogen-bond donors (Lipinski definition) is 0. The van der Waals surface area contributed by atoms with E-state index in [9.17, 15) is 4.79 Å². The topological polar surface area (TPSA) is 61.5 Å². The molecule has 0 fully saturated rings. The average Bonchev–Trinajstić information content (AvgIpc) is 2.95. The van der Waals surface area contributed by atoms with E-state index in [0.717, 1.165) is 18.6 Å². The molecule has 0 saturated carbocycles. The lowest BCUT2D eigenvalue weighted by molar-refractivity contribution is -0.688. The summed E-state index contributed by atoms with van der Waals surface area (Å²) in [6.07, 6.45) is 25.9. The zero-order valence-electron chi connectivity index (χ0n) is 24.3. The van der Waals surface area contributed by atoms with Crippen molar-refractivity contribution in [2.24, 2.45) is 0 Å². The third-order valence-corrected chi connectivity index (χ3v) is 6.90. The van der Waals surface area contributed by atoms with Gasteiger partial charge in [0.2, 0.25) is 0 Å². The molecule has 39 heavy (non-hydrogen) atoms. The zero-order chi connectivity index (χ0) is 27.1. The predicted molar refractivity (Wildman–Crippen MR) is 152 cm³/mol. The van der Waals surface area contributed by atoms with Gasteiger partial charge < -0.3 is 31.2 Å².